The van der Waals surface area contributed by atoms with Crippen molar-refractivity contribution in [3.63, 3.8) is 0 Å². The molecular weight excluding hydrogens is 312 g/mol. The number of aromatic carboxylic acids is 2. The lowest BCUT2D eigenvalue weighted by Gasteiger charge is -2.23. The maximum Gasteiger partial charge on any atom is 0.335 e. The third-order valence-electron chi connectivity index (χ3n) is 3.47. The van der Waals surface area contributed by atoms with E-state index in [2.05, 4.69) is 0 Å². The highest BCUT2D eigenvalue weighted by molar-refractivity contribution is 5.88. The fourth-order valence-corrected chi connectivity index (χ4v) is 2.03. The van der Waals surface area contributed by atoms with Crippen molar-refractivity contribution >= 4 is 11.9 Å². The summed E-state index contributed by atoms with van der Waals surface area (Å²) in [6, 6.07) is 12.4. The second-order valence-electron chi connectivity index (χ2n) is 5.31. The number of carbonyl (C=O) groups is 2. The Morgan fingerprint density at radius 2 is 1.17 bits per heavy atom. The maximum atomic E-state index is 11.0. The van der Waals surface area contributed by atoms with Gasteiger partial charge in [0.1, 0.15) is 23.7 Å². The molecule has 0 aliphatic rings. The van der Waals surface area contributed by atoms with Gasteiger partial charge in [-0.3, -0.25) is 0 Å². The lowest BCUT2D eigenvalue weighted by molar-refractivity contribution is 0.0676. The lowest BCUT2D eigenvalue weighted by atomic mass is 10.2. The average molecular weight is 330 g/mol. The number of hydrogen-bond acceptors (Lipinski definition) is 4. The van der Waals surface area contributed by atoms with Gasteiger partial charge in [0.05, 0.1) is 11.1 Å². The van der Waals surface area contributed by atoms with Crippen molar-refractivity contribution in [2.75, 3.05) is 0 Å². The molecule has 0 aliphatic carbocycles. The van der Waals surface area contributed by atoms with E-state index in [4.69, 9.17) is 19.7 Å². The number of benzene rings is 2. The van der Waals surface area contributed by atoms with Crippen molar-refractivity contribution in [3.8, 4) is 11.5 Å². The fraction of sp³-hybridized carbons (Fsp3) is 0.222. The highest BCUT2D eigenvalue weighted by Gasteiger charge is 2.17. The van der Waals surface area contributed by atoms with Crippen LogP contribution in [0.15, 0.2) is 48.5 Å². The maximum absolute atomic E-state index is 11.0. The predicted molar refractivity (Wildman–Crippen MR) is 87.0 cm³/mol. The van der Waals surface area contributed by atoms with E-state index in [0.29, 0.717) is 11.5 Å². The number of ether oxygens (including phenoxy) is 2. The first-order valence-corrected chi connectivity index (χ1v) is 7.37. The Kier molecular flexibility index (Phi) is 5.42. The highest BCUT2D eigenvalue weighted by Crippen LogP contribution is 2.20. The summed E-state index contributed by atoms with van der Waals surface area (Å²) in [4.78, 5) is 21.9. The van der Waals surface area contributed by atoms with E-state index in [-0.39, 0.29) is 23.3 Å². The monoisotopic (exact) mass is 330 g/mol. The third-order valence-corrected chi connectivity index (χ3v) is 3.47. The van der Waals surface area contributed by atoms with Crippen LogP contribution in [0.2, 0.25) is 0 Å². The molecule has 2 aromatic carbocycles. The van der Waals surface area contributed by atoms with Crippen LogP contribution < -0.4 is 9.47 Å². The molecule has 0 aromatic heterocycles. The Balaban J connectivity index is 2.03. The Hall–Kier alpha value is -3.02. The van der Waals surface area contributed by atoms with E-state index >= 15 is 0 Å². The number of carboxylic acid groups (broad SMARTS) is 2. The zero-order valence-electron chi connectivity index (χ0n) is 13.3. The molecule has 2 rings (SSSR count). The van der Waals surface area contributed by atoms with E-state index < -0.39 is 11.9 Å². The van der Waals surface area contributed by atoms with Crippen LogP contribution >= 0.6 is 0 Å². The fourth-order valence-electron chi connectivity index (χ4n) is 2.03. The van der Waals surface area contributed by atoms with Gasteiger partial charge >= 0.3 is 11.9 Å². The summed E-state index contributed by atoms with van der Waals surface area (Å²) in [6.07, 6.45) is -0.745. The summed E-state index contributed by atoms with van der Waals surface area (Å²) >= 11 is 0. The molecule has 2 aromatic rings. The van der Waals surface area contributed by atoms with Crippen LogP contribution in [0.25, 0.3) is 0 Å². The second kappa shape index (κ2) is 7.50. The van der Waals surface area contributed by atoms with Crippen molar-refractivity contribution in [1.82, 2.24) is 0 Å². The highest BCUT2D eigenvalue weighted by atomic mass is 16.5. The van der Waals surface area contributed by atoms with Gasteiger partial charge in [-0.05, 0) is 50.2 Å². The first-order chi connectivity index (χ1) is 11.4. The predicted octanol–water partition coefficient (Wildman–Crippen LogP) is 3.32. The lowest BCUT2D eigenvalue weighted by Crippen LogP contribution is -2.31. The van der Waals surface area contributed by atoms with Crippen LogP contribution in [0.5, 0.6) is 11.5 Å². The zero-order chi connectivity index (χ0) is 17.7. The molecule has 2 atom stereocenters. The van der Waals surface area contributed by atoms with Gasteiger partial charge in [0.25, 0.3) is 0 Å². The normalized spacial score (nSPS) is 12.9. The van der Waals surface area contributed by atoms with E-state index in [1.54, 1.807) is 38.1 Å². The summed E-state index contributed by atoms with van der Waals surface area (Å²) in [5.74, 6) is -1.19. The van der Waals surface area contributed by atoms with Crippen LogP contribution in [-0.2, 0) is 0 Å². The summed E-state index contributed by atoms with van der Waals surface area (Å²) in [6.45, 7) is 3.58. The second-order valence-corrected chi connectivity index (χ2v) is 5.31. The van der Waals surface area contributed by atoms with E-state index in [1.165, 1.54) is 24.3 Å². The molecule has 0 fully saturated rings. The summed E-state index contributed by atoms with van der Waals surface area (Å²) in [5.41, 5.74) is 0.282. The minimum absolute atomic E-state index is 0.141. The van der Waals surface area contributed by atoms with Gasteiger partial charge in [-0.15, -0.1) is 0 Å². The molecule has 0 amide bonds. The molecule has 0 saturated heterocycles. The van der Waals surface area contributed by atoms with Gasteiger partial charge < -0.3 is 19.7 Å². The van der Waals surface area contributed by atoms with Gasteiger partial charge in [0, 0.05) is 0 Å². The van der Waals surface area contributed by atoms with Crippen molar-refractivity contribution in [2.45, 2.75) is 26.1 Å². The van der Waals surface area contributed by atoms with Crippen LogP contribution in [0.4, 0.5) is 0 Å². The van der Waals surface area contributed by atoms with Gasteiger partial charge in [0.15, 0.2) is 0 Å². The largest absolute Gasteiger partial charge is 0.487 e. The SMILES string of the molecule is CC(Oc1cccc(C(=O)O)c1)C(C)Oc1cccc(C(=O)O)c1. The molecule has 6 heteroatoms. The van der Waals surface area contributed by atoms with Gasteiger partial charge in [-0.1, -0.05) is 12.1 Å². The molecule has 2 N–H and O–H groups in total. The smallest absolute Gasteiger partial charge is 0.335 e. The molecule has 0 spiro atoms. The van der Waals surface area contributed by atoms with Gasteiger partial charge in [-0.2, -0.15) is 0 Å². The van der Waals surface area contributed by atoms with Crippen molar-refractivity contribution in [2.24, 2.45) is 0 Å². The molecule has 0 aliphatic heterocycles. The van der Waals surface area contributed by atoms with E-state index in [0.717, 1.165) is 0 Å². The number of rotatable bonds is 7. The van der Waals surface area contributed by atoms with Crippen molar-refractivity contribution in [1.29, 1.82) is 0 Å². The Morgan fingerprint density at radius 1 is 0.792 bits per heavy atom. The molecular formula is C18H18O6. The minimum Gasteiger partial charge on any atom is -0.487 e. The Bertz CT molecular complexity index is 676. The average Bonchev–Trinajstić information content (AvgIpc) is 2.55. The number of carboxylic acids is 2. The van der Waals surface area contributed by atoms with E-state index in [1.807, 2.05) is 0 Å². The quantitative estimate of drug-likeness (QED) is 0.809. The third kappa shape index (κ3) is 4.49. The van der Waals surface area contributed by atoms with Gasteiger partial charge in [-0.25, -0.2) is 9.59 Å². The van der Waals surface area contributed by atoms with Crippen LogP contribution in [0.3, 0.4) is 0 Å². The summed E-state index contributed by atoms with van der Waals surface area (Å²) < 4.78 is 11.4. The molecule has 24 heavy (non-hydrogen) atoms. The minimum atomic E-state index is -1.03. The molecule has 126 valence electrons. The molecule has 2 unspecified atom stereocenters. The topological polar surface area (TPSA) is 93.1 Å². The van der Waals surface area contributed by atoms with Gasteiger partial charge in [0.2, 0.25) is 0 Å². The molecule has 0 heterocycles. The van der Waals surface area contributed by atoms with Crippen LogP contribution in [0.1, 0.15) is 34.6 Å². The molecule has 0 bridgehead atoms. The van der Waals surface area contributed by atoms with Crippen molar-refractivity contribution in [3.05, 3.63) is 59.7 Å². The van der Waals surface area contributed by atoms with Crippen molar-refractivity contribution < 1.29 is 29.3 Å². The molecule has 0 radical (unpaired) electrons. The number of hydrogen-bond donors (Lipinski definition) is 2. The first-order valence-electron chi connectivity index (χ1n) is 7.37. The molecule has 6 nitrogen and oxygen atoms in total. The van der Waals surface area contributed by atoms with Crippen LogP contribution in [0, 0.1) is 0 Å². The summed E-state index contributed by atoms with van der Waals surface area (Å²) in [7, 11) is 0. The zero-order valence-corrected chi connectivity index (χ0v) is 13.3. The first kappa shape index (κ1) is 17.3. The molecule has 0 saturated carbocycles. The standard InChI is InChI=1S/C18H18O6/c1-11(23-15-7-3-5-13(9-15)17(19)20)12(2)24-16-8-4-6-14(10-16)18(21)22/h3-12H,1-2H3,(H,19,20)(H,21,22). The Labute approximate surface area is 139 Å². The van der Waals surface area contributed by atoms with Crippen LogP contribution in [-0.4, -0.2) is 34.4 Å². The van der Waals surface area contributed by atoms with E-state index in [9.17, 15) is 9.59 Å². The summed E-state index contributed by atoms with van der Waals surface area (Å²) in [5, 5.41) is 18.0. The Morgan fingerprint density at radius 3 is 1.50 bits per heavy atom.